The van der Waals surface area contributed by atoms with Crippen molar-refractivity contribution in [2.75, 3.05) is 57.4 Å². The maximum absolute atomic E-state index is 13.8. The normalized spacial score (nSPS) is 21.3. The summed E-state index contributed by atoms with van der Waals surface area (Å²) in [5, 5.41) is 0. The van der Waals surface area contributed by atoms with Gasteiger partial charge in [-0.3, -0.25) is 9.69 Å². The number of carbonyl (C=O) groups is 1. The van der Waals surface area contributed by atoms with Gasteiger partial charge in [-0.25, -0.2) is 9.37 Å². The van der Waals surface area contributed by atoms with Crippen LogP contribution in [0, 0.1) is 5.82 Å². The molecule has 0 unspecified atom stereocenters. The summed E-state index contributed by atoms with van der Waals surface area (Å²) in [6.45, 7) is 7.33. The first-order valence-corrected chi connectivity index (χ1v) is 8.13. The number of hydrogen-bond donors (Lipinski definition) is 0. The van der Waals surface area contributed by atoms with E-state index in [1.54, 1.807) is 12.3 Å². The minimum Gasteiger partial charge on any atom is -0.378 e. The van der Waals surface area contributed by atoms with Crippen LogP contribution in [0.3, 0.4) is 0 Å². The van der Waals surface area contributed by atoms with Crippen molar-refractivity contribution in [1.29, 1.82) is 0 Å². The van der Waals surface area contributed by atoms with Gasteiger partial charge in [-0.1, -0.05) is 0 Å². The van der Waals surface area contributed by atoms with Crippen LogP contribution in [0.25, 0.3) is 0 Å². The summed E-state index contributed by atoms with van der Waals surface area (Å²) < 4.78 is 19.1. The van der Waals surface area contributed by atoms with Gasteiger partial charge in [-0.05, 0) is 19.1 Å². The molecule has 1 amide bonds. The van der Waals surface area contributed by atoms with E-state index in [4.69, 9.17) is 4.74 Å². The minimum absolute atomic E-state index is 0.149. The Balaban J connectivity index is 1.56. The maximum atomic E-state index is 13.8. The molecule has 6 nitrogen and oxygen atoms in total. The molecule has 3 rings (SSSR count). The second-order valence-electron chi connectivity index (χ2n) is 5.95. The van der Waals surface area contributed by atoms with Crippen LogP contribution in [0.4, 0.5) is 10.2 Å². The second kappa shape index (κ2) is 7.23. The quantitative estimate of drug-likeness (QED) is 0.815. The lowest BCUT2D eigenvalue weighted by atomic mass is 10.2. The summed E-state index contributed by atoms with van der Waals surface area (Å²) in [6.07, 6.45) is 1.61. The van der Waals surface area contributed by atoms with Gasteiger partial charge in [0, 0.05) is 45.5 Å². The molecule has 0 spiro atoms. The molecule has 2 aliphatic heterocycles. The Morgan fingerprint density at radius 3 is 2.57 bits per heavy atom. The highest BCUT2D eigenvalue weighted by Gasteiger charge is 2.30. The smallest absolute Gasteiger partial charge is 0.239 e. The molecule has 2 saturated heterocycles. The lowest BCUT2D eigenvalue weighted by Crippen LogP contribution is -2.56. The Morgan fingerprint density at radius 2 is 1.91 bits per heavy atom. The third-order valence-corrected chi connectivity index (χ3v) is 4.58. The number of pyridine rings is 1. The lowest BCUT2D eigenvalue weighted by Gasteiger charge is -2.40. The second-order valence-corrected chi connectivity index (χ2v) is 5.95. The summed E-state index contributed by atoms with van der Waals surface area (Å²) in [4.78, 5) is 22.6. The summed E-state index contributed by atoms with van der Waals surface area (Å²) in [5.74, 6) is 0.267. The van der Waals surface area contributed by atoms with Gasteiger partial charge in [0.25, 0.3) is 0 Å². The van der Waals surface area contributed by atoms with Gasteiger partial charge in [-0.2, -0.15) is 0 Å². The number of hydrogen-bond acceptors (Lipinski definition) is 5. The Morgan fingerprint density at radius 1 is 1.22 bits per heavy atom. The van der Waals surface area contributed by atoms with Crippen molar-refractivity contribution >= 4 is 11.7 Å². The number of ether oxygens (including phenoxy) is 1. The van der Waals surface area contributed by atoms with E-state index in [-0.39, 0.29) is 17.8 Å². The van der Waals surface area contributed by atoms with Crippen molar-refractivity contribution in [2.45, 2.75) is 13.0 Å². The molecule has 0 saturated carbocycles. The van der Waals surface area contributed by atoms with Crippen LogP contribution in [0.2, 0.25) is 0 Å². The Kier molecular flexibility index (Phi) is 5.07. The SMILES string of the molecule is C[C@@H](C(=O)N1CCOCC1)N1CCN(c2ncccc2F)CC1. The largest absolute Gasteiger partial charge is 0.378 e. The minimum atomic E-state index is -0.293. The van der Waals surface area contributed by atoms with E-state index < -0.39 is 0 Å². The molecule has 126 valence electrons. The molecule has 0 N–H and O–H groups in total. The summed E-state index contributed by atoms with van der Waals surface area (Å²) >= 11 is 0. The molecule has 0 radical (unpaired) electrons. The van der Waals surface area contributed by atoms with Gasteiger partial charge in [0.2, 0.25) is 5.91 Å². The zero-order chi connectivity index (χ0) is 16.2. The fourth-order valence-corrected chi connectivity index (χ4v) is 3.14. The molecule has 1 aromatic heterocycles. The van der Waals surface area contributed by atoms with Gasteiger partial charge < -0.3 is 14.5 Å². The zero-order valence-electron chi connectivity index (χ0n) is 13.4. The average molecular weight is 322 g/mol. The van der Waals surface area contributed by atoms with E-state index in [1.165, 1.54) is 6.07 Å². The van der Waals surface area contributed by atoms with Crippen molar-refractivity contribution < 1.29 is 13.9 Å². The van der Waals surface area contributed by atoms with E-state index in [2.05, 4.69) is 9.88 Å². The van der Waals surface area contributed by atoms with Crippen molar-refractivity contribution in [2.24, 2.45) is 0 Å². The molecule has 1 atom stereocenters. The van der Waals surface area contributed by atoms with E-state index in [9.17, 15) is 9.18 Å². The average Bonchev–Trinajstić information content (AvgIpc) is 2.62. The van der Waals surface area contributed by atoms with Gasteiger partial charge in [-0.15, -0.1) is 0 Å². The molecular weight excluding hydrogens is 299 g/mol. The first-order chi connectivity index (χ1) is 11.2. The number of nitrogens with zero attached hydrogens (tertiary/aromatic N) is 4. The zero-order valence-corrected chi connectivity index (χ0v) is 13.4. The van der Waals surface area contributed by atoms with Crippen LogP contribution in [-0.4, -0.2) is 79.2 Å². The third-order valence-electron chi connectivity index (χ3n) is 4.58. The van der Waals surface area contributed by atoms with E-state index >= 15 is 0 Å². The van der Waals surface area contributed by atoms with E-state index in [0.29, 0.717) is 45.2 Å². The number of morpholine rings is 1. The fourth-order valence-electron chi connectivity index (χ4n) is 3.14. The standard InChI is InChI=1S/C16H23FN4O2/c1-13(16(22)21-9-11-23-12-10-21)19-5-7-20(8-6-19)15-14(17)3-2-4-18-15/h2-4,13H,5-12H2,1H3/t13-/m0/s1. The first-order valence-electron chi connectivity index (χ1n) is 8.13. The Hall–Kier alpha value is -1.73. The van der Waals surface area contributed by atoms with Gasteiger partial charge in [0.15, 0.2) is 11.6 Å². The number of rotatable bonds is 3. The van der Waals surface area contributed by atoms with Crippen LogP contribution in [0.5, 0.6) is 0 Å². The van der Waals surface area contributed by atoms with Crippen LogP contribution < -0.4 is 4.90 Å². The van der Waals surface area contributed by atoms with Crippen molar-refractivity contribution in [1.82, 2.24) is 14.8 Å². The molecule has 0 aliphatic carbocycles. The van der Waals surface area contributed by atoms with Crippen molar-refractivity contribution in [3.8, 4) is 0 Å². The molecule has 2 fully saturated rings. The number of halogens is 1. The predicted octanol–water partition coefficient (Wildman–Crippen LogP) is 0.590. The number of anilines is 1. The Labute approximate surface area is 135 Å². The molecule has 0 bridgehead atoms. The molecule has 0 aromatic carbocycles. The molecule has 3 heterocycles. The lowest BCUT2D eigenvalue weighted by molar-refractivity contribution is -0.140. The monoisotopic (exact) mass is 322 g/mol. The van der Waals surface area contributed by atoms with Gasteiger partial charge in [0.05, 0.1) is 19.3 Å². The van der Waals surface area contributed by atoms with Crippen LogP contribution in [0.1, 0.15) is 6.92 Å². The third kappa shape index (κ3) is 3.61. The van der Waals surface area contributed by atoms with Crippen LogP contribution in [0.15, 0.2) is 18.3 Å². The highest BCUT2D eigenvalue weighted by Crippen LogP contribution is 2.18. The van der Waals surface area contributed by atoms with Gasteiger partial charge in [0.1, 0.15) is 0 Å². The predicted molar refractivity (Wildman–Crippen MR) is 84.8 cm³/mol. The summed E-state index contributed by atoms with van der Waals surface area (Å²) in [6, 6.07) is 2.88. The summed E-state index contributed by atoms with van der Waals surface area (Å²) in [5.41, 5.74) is 0. The molecule has 23 heavy (non-hydrogen) atoms. The van der Waals surface area contributed by atoms with Crippen molar-refractivity contribution in [3.05, 3.63) is 24.1 Å². The molecule has 2 aliphatic rings. The first kappa shape index (κ1) is 16.1. The molecular formula is C16H23FN4O2. The highest BCUT2D eigenvalue weighted by molar-refractivity contribution is 5.81. The fraction of sp³-hybridized carbons (Fsp3) is 0.625. The van der Waals surface area contributed by atoms with Crippen LogP contribution >= 0.6 is 0 Å². The van der Waals surface area contributed by atoms with Crippen molar-refractivity contribution in [3.63, 3.8) is 0 Å². The van der Waals surface area contributed by atoms with E-state index in [1.807, 2.05) is 16.7 Å². The Bertz CT molecular complexity index is 543. The number of amides is 1. The number of piperazine rings is 1. The number of carbonyl (C=O) groups excluding carboxylic acids is 1. The van der Waals surface area contributed by atoms with Crippen LogP contribution in [-0.2, 0) is 9.53 Å². The van der Waals surface area contributed by atoms with E-state index in [0.717, 1.165) is 13.1 Å². The highest BCUT2D eigenvalue weighted by atomic mass is 19.1. The molecule has 7 heteroatoms. The topological polar surface area (TPSA) is 48.9 Å². The van der Waals surface area contributed by atoms with Gasteiger partial charge >= 0.3 is 0 Å². The molecule has 1 aromatic rings. The number of aromatic nitrogens is 1. The summed E-state index contributed by atoms with van der Waals surface area (Å²) in [7, 11) is 0. The maximum Gasteiger partial charge on any atom is 0.239 e.